The van der Waals surface area contributed by atoms with E-state index < -0.39 is 0 Å². The standard InChI is InChI=1S/C31H49NO4S/c1-5-22-26-17-20(33)10-13-31(26,4)25-11-14-30(3)23(8-9-24(30)27(25)28(22)34)19(2)12-15-32-29(35)36-18-21-7-6-16-37-21/h6-7,16,19-20,22-28,33-34H,5,8-15,17-18H2,1-4H3,(H,32,35)/t19-,20-,22-,23-,24+,25+,26+,27+,28-,30-,31-/m1/s1. The van der Waals surface area contributed by atoms with Gasteiger partial charge >= 0.3 is 6.09 Å². The summed E-state index contributed by atoms with van der Waals surface area (Å²) in [5.74, 6) is 3.47. The lowest BCUT2D eigenvalue weighted by Gasteiger charge is -2.64. The Morgan fingerprint density at radius 3 is 2.62 bits per heavy atom. The van der Waals surface area contributed by atoms with Gasteiger partial charge in [0, 0.05) is 11.4 Å². The van der Waals surface area contributed by atoms with Crippen molar-refractivity contribution >= 4 is 17.4 Å². The predicted octanol–water partition coefficient (Wildman–Crippen LogP) is 6.63. The molecule has 0 radical (unpaired) electrons. The number of amides is 1. The lowest BCUT2D eigenvalue weighted by molar-refractivity contribution is -0.203. The van der Waals surface area contributed by atoms with Gasteiger partial charge in [-0.15, -0.1) is 11.3 Å². The molecule has 1 heterocycles. The number of carbonyl (C=O) groups excluding carboxylic acids is 1. The van der Waals surface area contributed by atoms with Gasteiger partial charge in [0.15, 0.2) is 0 Å². The van der Waals surface area contributed by atoms with Crippen molar-refractivity contribution in [1.82, 2.24) is 5.32 Å². The van der Waals surface area contributed by atoms with Crippen LogP contribution < -0.4 is 5.32 Å². The van der Waals surface area contributed by atoms with Gasteiger partial charge in [0.05, 0.1) is 12.2 Å². The molecular formula is C31H49NO4S. The van der Waals surface area contributed by atoms with E-state index in [0.717, 1.165) is 37.0 Å². The van der Waals surface area contributed by atoms with Crippen LogP contribution in [0.5, 0.6) is 0 Å². The Hall–Kier alpha value is -1.11. The summed E-state index contributed by atoms with van der Waals surface area (Å²) in [5.41, 5.74) is 0.513. The van der Waals surface area contributed by atoms with Crippen LogP contribution in [0.3, 0.4) is 0 Å². The van der Waals surface area contributed by atoms with Crippen LogP contribution in [0.2, 0.25) is 0 Å². The van der Waals surface area contributed by atoms with Crippen molar-refractivity contribution in [3.8, 4) is 0 Å². The molecule has 37 heavy (non-hydrogen) atoms. The van der Waals surface area contributed by atoms with E-state index in [1.165, 1.54) is 25.7 Å². The van der Waals surface area contributed by atoms with Gasteiger partial charge in [-0.1, -0.05) is 40.2 Å². The van der Waals surface area contributed by atoms with Crippen LogP contribution >= 0.6 is 11.3 Å². The van der Waals surface area contributed by atoms with Crippen molar-refractivity contribution in [3.05, 3.63) is 22.4 Å². The van der Waals surface area contributed by atoms with Crippen LogP contribution in [0.1, 0.15) is 90.4 Å². The topological polar surface area (TPSA) is 78.8 Å². The minimum absolute atomic E-state index is 0.192. The van der Waals surface area contributed by atoms with Gasteiger partial charge in [-0.25, -0.2) is 4.79 Å². The van der Waals surface area contributed by atoms with Crippen LogP contribution in [0.15, 0.2) is 17.5 Å². The first-order valence-corrected chi connectivity index (χ1v) is 15.9. The number of carbonyl (C=O) groups is 1. The van der Waals surface area contributed by atoms with Crippen LogP contribution in [-0.2, 0) is 11.3 Å². The molecule has 6 heteroatoms. The number of aliphatic hydroxyl groups excluding tert-OH is 2. The van der Waals surface area contributed by atoms with Gasteiger partial charge < -0.3 is 20.3 Å². The number of hydrogen-bond acceptors (Lipinski definition) is 5. The maximum atomic E-state index is 12.2. The molecule has 0 spiro atoms. The first kappa shape index (κ1) is 27.5. The molecule has 1 aromatic heterocycles. The fraction of sp³-hybridized carbons (Fsp3) is 0.839. The van der Waals surface area contributed by atoms with Crippen LogP contribution in [-0.4, -0.2) is 35.1 Å². The first-order chi connectivity index (χ1) is 17.7. The summed E-state index contributed by atoms with van der Waals surface area (Å²) >= 11 is 1.60. The highest BCUT2D eigenvalue weighted by atomic mass is 32.1. The second-order valence-electron chi connectivity index (χ2n) is 13.5. The summed E-state index contributed by atoms with van der Waals surface area (Å²) in [7, 11) is 0. The molecule has 0 bridgehead atoms. The summed E-state index contributed by atoms with van der Waals surface area (Å²) in [6.07, 6.45) is 9.04. The molecule has 4 fully saturated rings. The number of fused-ring (bicyclic) bond motifs is 5. The normalized spacial score (nSPS) is 43.8. The SMILES string of the molecule is CC[C@H]1[C@@H](O)[C@@H]2[C@H](CC[C@]3(C)[C@@H]([C@H](C)CCNC(=O)OCc4cccs4)CC[C@@H]23)[C@@]2(C)CC[C@@H](O)C[C@@H]12. The molecule has 0 aliphatic heterocycles. The van der Waals surface area contributed by atoms with E-state index in [1.54, 1.807) is 11.3 Å². The molecule has 5 nitrogen and oxygen atoms in total. The second kappa shape index (κ2) is 10.8. The predicted molar refractivity (Wildman–Crippen MR) is 148 cm³/mol. The van der Waals surface area contributed by atoms with Crippen molar-refractivity contribution in [2.45, 2.75) is 104 Å². The smallest absolute Gasteiger partial charge is 0.407 e. The molecule has 0 saturated heterocycles. The molecule has 208 valence electrons. The van der Waals surface area contributed by atoms with Gasteiger partial charge in [-0.2, -0.15) is 0 Å². The maximum Gasteiger partial charge on any atom is 0.407 e. The average Bonchev–Trinajstić information content (AvgIpc) is 3.51. The summed E-state index contributed by atoms with van der Waals surface area (Å²) < 4.78 is 5.37. The number of rotatable bonds is 7. The van der Waals surface area contributed by atoms with Gasteiger partial charge in [-0.3, -0.25) is 0 Å². The van der Waals surface area contributed by atoms with E-state index in [9.17, 15) is 15.0 Å². The zero-order valence-corrected chi connectivity index (χ0v) is 24.1. The number of nitrogens with one attached hydrogen (secondary N) is 1. The van der Waals surface area contributed by atoms with Crippen molar-refractivity contribution in [3.63, 3.8) is 0 Å². The Kier molecular flexibility index (Phi) is 8.02. The van der Waals surface area contributed by atoms with Crippen molar-refractivity contribution in [2.24, 2.45) is 52.3 Å². The quantitative estimate of drug-likeness (QED) is 0.369. The molecule has 5 rings (SSSR count). The fourth-order valence-corrected chi connectivity index (χ4v) is 10.7. The number of aliphatic hydroxyl groups is 2. The highest BCUT2D eigenvalue weighted by Crippen LogP contribution is 2.69. The van der Waals surface area contributed by atoms with E-state index in [0.29, 0.717) is 54.6 Å². The van der Waals surface area contributed by atoms with Crippen LogP contribution in [0, 0.1) is 52.3 Å². The zero-order valence-electron chi connectivity index (χ0n) is 23.3. The summed E-state index contributed by atoms with van der Waals surface area (Å²) in [6.45, 7) is 10.6. The Labute approximate surface area is 227 Å². The number of hydrogen-bond donors (Lipinski definition) is 3. The highest BCUT2D eigenvalue weighted by molar-refractivity contribution is 7.09. The van der Waals surface area contributed by atoms with E-state index in [4.69, 9.17) is 4.74 Å². The van der Waals surface area contributed by atoms with E-state index in [-0.39, 0.29) is 29.1 Å². The van der Waals surface area contributed by atoms with E-state index in [1.807, 2.05) is 17.5 Å². The van der Waals surface area contributed by atoms with E-state index >= 15 is 0 Å². The Balaban J connectivity index is 1.22. The highest BCUT2D eigenvalue weighted by Gasteiger charge is 2.64. The third kappa shape index (κ3) is 4.89. The zero-order chi connectivity index (χ0) is 26.4. The number of ether oxygens (including phenoxy) is 1. The summed E-state index contributed by atoms with van der Waals surface area (Å²) in [5, 5.41) is 27.3. The van der Waals surface area contributed by atoms with Gasteiger partial charge in [0.25, 0.3) is 0 Å². The van der Waals surface area contributed by atoms with Crippen LogP contribution in [0.25, 0.3) is 0 Å². The number of thiophene rings is 1. The molecule has 3 N–H and O–H groups in total. The molecule has 0 aromatic carbocycles. The molecule has 4 aliphatic rings. The molecule has 1 aromatic rings. The summed E-state index contributed by atoms with van der Waals surface area (Å²) in [6, 6.07) is 3.95. The minimum atomic E-state index is -0.326. The van der Waals surface area contributed by atoms with Gasteiger partial charge in [0.1, 0.15) is 6.61 Å². The maximum absolute atomic E-state index is 12.2. The second-order valence-corrected chi connectivity index (χ2v) is 14.5. The lowest BCUT2D eigenvalue weighted by Crippen LogP contribution is -2.62. The monoisotopic (exact) mass is 531 g/mol. The van der Waals surface area contributed by atoms with Crippen molar-refractivity contribution in [1.29, 1.82) is 0 Å². The molecule has 1 amide bonds. The van der Waals surface area contributed by atoms with Gasteiger partial charge in [0.2, 0.25) is 0 Å². The first-order valence-electron chi connectivity index (χ1n) is 15.0. The van der Waals surface area contributed by atoms with Crippen LogP contribution in [0.4, 0.5) is 4.79 Å². The largest absolute Gasteiger partial charge is 0.444 e. The fourth-order valence-electron chi connectivity index (χ4n) is 10.1. The molecule has 0 unspecified atom stereocenters. The Bertz CT molecular complexity index is 922. The van der Waals surface area contributed by atoms with Gasteiger partial charge in [-0.05, 0) is 115 Å². The molecular weight excluding hydrogens is 482 g/mol. The lowest BCUT2D eigenvalue weighted by atomic mass is 9.41. The van der Waals surface area contributed by atoms with Crippen molar-refractivity contribution in [2.75, 3.05) is 6.54 Å². The van der Waals surface area contributed by atoms with Crippen molar-refractivity contribution < 1.29 is 19.7 Å². The minimum Gasteiger partial charge on any atom is -0.444 e. The average molecular weight is 532 g/mol. The molecule has 11 atom stereocenters. The third-order valence-electron chi connectivity index (χ3n) is 11.9. The third-order valence-corrected chi connectivity index (χ3v) is 12.8. The molecule has 4 saturated carbocycles. The Morgan fingerprint density at radius 2 is 1.89 bits per heavy atom. The number of alkyl carbamates (subject to hydrolysis) is 1. The Morgan fingerprint density at radius 1 is 1.14 bits per heavy atom. The summed E-state index contributed by atoms with van der Waals surface area (Å²) in [4.78, 5) is 13.2. The molecule has 4 aliphatic carbocycles. The van der Waals surface area contributed by atoms with E-state index in [2.05, 4.69) is 33.0 Å².